The van der Waals surface area contributed by atoms with E-state index in [1.54, 1.807) is 0 Å². The molecule has 2 aliphatic rings. The van der Waals surface area contributed by atoms with Gasteiger partial charge >= 0.3 is 0 Å². The van der Waals surface area contributed by atoms with Gasteiger partial charge in [-0.3, -0.25) is 0 Å². The van der Waals surface area contributed by atoms with Crippen molar-refractivity contribution in [1.82, 2.24) is 19.9 Å². The van der Waals surface area contributed by atoms with Crippen molar-refractivity contribution in [2.24, 2.45) is 0 Å². The summed E-state index contributed by atoms with van der Waals surface area (Å²) in [6.45, 7) is -0.701. The number of alkyl halides is 3. The maximum absolute atomic E-state index is 14.4. The smallest absolute Gasteiger partial charge is 0.267 e. The highest BCUT2D eigenvalue weighted by atomic mass is 32.1. The summed E-state index contributed by atoms with van der Waals surface area (Å²) < 4.78 is 71.3. The van der Waals surface area contributed by atoms with Crippen LogP contribution in [0.1, 0.15) is 24.4 Å². The first kappa shape index (κ1) is 20.9. The van der Waals surface area contributed by atoms with Crippen molar-refractivity contribution >= 4 is 34.5 Å². The van der Waals surface area contributed by atoms with Crippen molar-refractivity contribution in [2.75, 3.05) is 16.8 Å². The lowest BCUT2D eigenvalue weighted by molar-refractivity contribution is 0.0221. The summed E-state index contributed by atoms with van der Waals surface area (Å²) in [6.07, 6.45) is 1.72. The highest BCUT2D eigenvalue weighted by Crippen LogP contribution is 2.44. The van der Waals surface area contributed by atoms with Crippen LogP contribution in [0.4, 0.5) is 33.5 Å². The molecule has 0 unspecified atom stereocenters. The molecule has 1 aromatic carbocycles. The summed E-state index contributed by atoms with van der Waals surface area (Å²) in [6, 6.07) is 2.82. The number of benzene rings is 1. The van der Waals surface area contributed by atoms with Crippen molar-refractivity contribution in [3.8, 4) is 0 Å². The normalized spacial score (nSPS) is 24.0. The molecule has 12 heteroatoms. The number of fused-ring (bicyclic) bond motifs is 1. The Kier molecular flexibility index (Phi) is 4.91. The van der Waals surface area contributed by atoms with E-state index in [9.17, 15) is 22.0 Å². The molecule has 1 aliphatic carbocycles. The van der Waals surface area contributed by atoms with Crippen LogP contribution in [0.3, 0.4) is 0 Å². The van der Waals surface area contributed by atoms with Gasteiger partial charge in [0.05, 0.1) is 24.8 Å². The second-order valence-corrected chi connectivity index (χ2v) is 8.35. The van der Waals surface area contributed by atoms with Crippen molar-refractivity contribution in [1.29, 1.82) is 0 Å². The topological polar surface area (TPSA) is 57.5 Å². The van der Waals surface area contributed by atoms with Crippen molar-refractivity contribution in [2.45, 2.75) is 37.0 Å². The van der Waals surface area contributed by atoms with Gasteiger partial charge in [0, 0.05) is 24.6 Å². The fourth-order valence-corrected chi connectivity index (χ4v) is 4.11. The Hall–Kier alpha value is -3.02. The van der Waals surface area contributed by atoms with Crippen LogP contribution in [0, 0.1) is 11.6 Å². The molecule has 1 saturated heterocycles. The van der Waals surface area contributed by atoms with Gasteiger partial charge in [0.1, 0.15) is 29.3 Å². The van der Waals surface area contributed by atoms with Gasteiger partial charge in [-0.1, -0.05) is 0 Å². The molecule has 6 nitrogen and oxygen atoms in total. The lowest BCUT2D eigenvalue weighted by Crippen LogP contribution is -2.31. The number of anilines is 2. The van der Waals surface area contributed by atoms with E-state index in [4.69, 9.17) is 12.2 Å². The highest BCUT2D eigenvalue weighted by Gasteiger charge is 2.47. The molecule has 5 rings (SSSR count). The first-order chi connectivity index (χ1) is 15.2. The van der Waals surface area contributed by atoms with Crippen LogP contribution in [0.2, 0.25) is 0 Å². The number of hydrogen-bond acceptors (Lipinski definition) is 4. The fourth-order valence-electron chi connectivity index (χ4n) is 3.85. The molecular weight excluding hydrogens is 451 g/mol. The van der Waals surface area contributed by atoms with Gasteiger partial charge in [-0.25, -0.2) is 31.5 Å². The predicted octanol–water partition coefficient (Wildman–Crippen LogP) is 3.99. The molecular formula is C20H17F5N6S. The number of nitrogens with zero attached hydrogens (tertiary/aromatic N) is 4. The SMILES string of the molecule is Fc1ccc(F)c([C@H]2CC(F)(F)CN2c2ccn3ncc(NC(=S)N[C@H]4C[C@H]4F)c3n2)c1. The van der Waals surface area contributed by atoms with E-state index in [-0.39, 0.29) is 28.2 Å². The van der Waals surface area contributed by atoms with E-state index in [1.165, 1.54) is 27.9 Å². The summed E-state index contributed by atoms with van der Waals surface area (Å²) in [5.74, 6) is -4.45. The molecule has 2 N–H and O–H groups in total. The Morgan fingerprint density at radius 3 is 2.75 bits per heavy atom. The van der Waals surface area contributed by atoms with E-state index in [1.807, 2.05) is 0 Å². The lowest BCUT2D eigenvalue weighted by atomic mass is 10.0. The second kappa shape index (κ2) is 7.54. The van der Waals surface area contributed by atoms with E-state index in [2.05, 4.69) is 20.7 Å². The standard InChI is InChI=1S/C20H17F5N6S/c21-10-1-2-12(22)11(5-10)16-7-20(24,25)9-30(16)17-3-4-31-18(29-17)15(8-26-31)28-19(32)27-14-6-13(14)23/h1-5,8,13-14,16H,6-7,9H2,(H2,27,28,32)/t13-,14+,16-/m1/s1. The average Bonchev–Trinajstić information content (AvgIpc) is 3.14. The zero-order valence-electron chi connectivity index (χ0n) is 16.4. The molecule has 3 aromatic rings. The van der Waals surface area contributed by atoms with Crippen molar-refractivity contribution < 1.29 is 22.0 Å². The average molecular weight is 468 g/mol. The van der Waals surface area contributed by atoms with E-state index in [0.29, 0.717) is 12.1 Å². The minimum Gasteiger partial charge on any atom is -0.357 e. The van der Waals surface area contributed by atoms with Gasteiger partial charge in [-0.05, 0) is 36.5 Å². The van der Waals surface area contributed by atoms with Gasteiger partial charge in [0.2, 0.25) is 0 Å². The minimum atomic E-state index is -3.11. The van der Waals surface area contributed by atoms with Crippen molar-refractivity contribution in [3.63, 3.8) is 0 Å². The highest BCUT2D eigenvalue weighted by molar-refractivity contribution is 7.80. The molecule has 0 bridgehead atoms. The molecule has 1 saturated carbocycles. The van der Waals surface area contributed by atoms with Gasteiger partial charge in [0.15, 0.2) is 10.8 Å². The number of aromatic nitrogens is 3. The monoisotopic (exact) mass is 468 g/mol. The number of halogens is 5. The molecule has 32 heavy (non-hydrogen) atoms. The van der Waals surface area contributed by atoms with Gasteiger partial charge in [0.25, 0.3) is 5.92 Å². The predicted molar refractivity (Wildman–Crippen MR) is 112 cm³/mol. The summed E-state index contributed by atoms with van der Waals surface area (Å²) in [5.41, 5.74) is 0.513. The number of nitrogens with one attached hydrogen (secondary N) is 2. The fraction of sp³-hybridized carbons (Fsp3) is 0.350. The van der Waals surface area contributed by atoms with Crippen LogP contribution in [0.25, 0.3) is 5.65 Å². The molecule has 2 aromatic heterocycles. The molecule has 3 atom stereocenters. The summed E-state index contributed by atoms with van der Waals surface area (Å²) >= 11 is 5.17. The van der Waals surface area contributed by atoms with Gasteiger partial charge in [-0.2, -0.15) is 5.10 Å². The zero-order valence-corrected chi connectivity index (χ0v) is 17.2. The Morgan fingerprint density at radius 2 is 2.00 bits per heavy atom. The third-order valence-corrected chi connectivity index (χ3v) is 5.73. The molecule has 1 aliphatic heterocycles. The Bertz CT molecular complexity index is 1200. The van der Waals surface area contributed by atoms with E-state index < -0.39 is 42.7 Å². The Balaban J connectivity index is 1.47. The largest absolute Gasteiger partial charge is 0.357 e. The van der Waals surface area contributed by atoms with Crippen LogP contribution in [0.5, 0.6) is 0 Å². The third kappa shape index (κ3) is 3.94. The summed E-state index contributed by atoms with van der Waals surface area (Å²) in [4.78, 5) is 5.68. The molecule has 3 heterocycles. The molecule has 0 spiro atoms. The molecule has 168 valence electrons. The number of hydrogen-bond donors (Lipinski definition) is 2. The molecule has 2 fully saturated rings. The van der Waals surface area contributed by atoms with Crippen LogP contribution >= 0.6 is 12.2 Å². The van der Waals surface area contributed by atoms with Crippen LogP contribution in [-0.4, -0.2) is 44.4 Å². The van der Waals surface area contributed by atoms with Crippen molar-refractivity contribution in [3.05, 3.63) is 53.9 Å². The first-order valence-corrected chi connectivity index (χ1v) is 10.3. The molecule has 0 amide bonds. The second-order valence-electron chi connectivity index (χ2n) is 7.94. The Morgan fingerprint density at radius 1 is 1.22 bits per heavy atom. The first-order valence-electron chi connectivity index (χ1n) is 9.85. The maximum Gasteiger partial charge on any atom is 0.267 e. The summed E-state index contributed by atoms with van der Waals surface area (Å²) in [5, 5.41) is 10.0. The number of rotatable bonds is 4. The lowest BCUT2D eigenvalue weighted by Gasteiger charge is -2.25. The van der Waals surface area contributed by atoms with E-state index >= 15 is 0 Å². The zero-order chi connectivity index (χ0) is 22.6. The third-order valence-electron chi connectivity index (χ3n) is 5.51. The van der Waals surface area contributed by atoms with E-state index in [0.717, 1.165) is 18.2 Å². The maximum atomic E-state index is 14.4. The van der Waals surface area contributed by atoms with Crippen LogP contribution < -0.4 is 15.5 Å². The van der Waals surface area contributed by atoms with Gasteiger partial charge < -0.3 is 15.5 Å². The minimum absolute atomic E-state index is 0.150. The Labute approximate surface area is 184 Å². The quantitative estimate of drug-likeness (QED) is 0.446. The summed E-state index contributed by atoms with van der Waals surface area (Å²) in [7, 11) is 0. The van der Waals surface area contributed by atoms with Crippen LogP contribution in [-0.2, 0) is 0 Å². The molecule has 0 radical (unpaired) electrons. The number of thiocarbonyl (C=S) groups is 1. The van der Waals surface area contributed by atoms with Gasteiger partial charge in [-0.15, -0.1) is 0 Å². The van der Waals surface area contributed by atoms with Crippen LogP contribution in [0.15, 0.2) is 36.7 Å².